The van der Waals surface area contributed by atoms with E-state index in [1.807, 2.05) is 6.07 Å². The number of ether oxygens (including phenoxy) is 1. The van der Waals surface area contributed by atoms with Gasteiger partial charge in [0.25, 0.3) is 0 Å². The summed E-state index contributed by atoms with van der Waals surface area (Å²) in [7, 11) is 0. The van der Waals surface area contributed by atoms with E-state index in [2.05, 4.69) is 22.5 Å². The van der Waals surface area contributed by atoms with E-state index in [-0.39, 0.29) is 6.61 Å². The fraction of sp³-hybridized carbons (Fsp3) is 0.583. The maximum Gasteiger partial charge on any atom is 0.0697 e. The SMILES string of the molecule is CCNc1cncc(NCCCOCCO)c1. The number of hydrogen-bond donors (Lipinski definition) is 3. The molecule has 0 fully saturated rings. The Morgan fingerprint density at radius 1 is 1.24 bits per heavy atom. The van der Waals surface area contributed by atoms with Gasteiger partial charge in [0, 0.05) is 19.7 Å². The third kappa shape index (κ3) is 6.09. The van der Waals surface area contributed by atoms with Gasteiger partial charge in [-0.05, 0) is 19.4 Å². The van der Waals surface area contributed by atoms with E-state index in [0.29, 0.717) is 13.2 Å². The van der Waals surface area contributed by atoms with Crippen LogP contribution in [0.15, 0.2) is 18.5 Å². The summed E-state index contributed by atoms with van der Waals surface area (Å²) < 4.78 is 5.17. The number of nitrogens with zero attached hydrogens (tertiary/aromatic N) is 1. The molecule has 17 heavy (non-hydrogen) atoms. The molecule has 0 aromatic carbocycles. The van der Waals surface area contributed by atoms with E-state index in [9.17, 15) is 0 Å². The number of nitrogens with one attached hydrogen (secondary N) is 2. The van der Waals surface area contributed by atoms with Crippen LogP contribution in [0.3, 0.4) is 0 Å². The van der Waals surface area contributed by atoms with Crippen LogP contribution < -0.4 is 10.6 Å². The minimum absolute atomic E-state index is 0.0854. The van der Waals surface area contributed by atoms with E-state index in [1.54, 1.807) is 12.4 Å². The highest BCUT2D eigenvalue weighted by Crippen LogP contribution is 2.12. The van der Waals surface area contributed by atoms with Crippen molar-refractivity contribution in [1.82, 2.24) is 4.98 Å². The number of rotatable bonds is 9. The van der Waals surface area contributed by atoms with Gasteiger partial charge in [-0.3, -0.25) is 4.98 Å². The van der Waals surface area contributed by atoms with Crippen LogP contribution in [0.2, 0.25) is 0 Å². The topological polar surface area (TPSA) is 66.4 Å². The van der Waals surface area contributed by atoms with Gasteiger partial charge in [0.2, 0.25) is 0 Å². The number of pyridine rings is 1. The van der Waals surface area contributed by atoms with Crippen molar-refractivity contribution < 1.29 is 9.84 Å². The minimum Gasteiger partial charge on any atom is -0.394 e. The maximum atomic E-state index is 8.53. The average Bonchev–Trinajstić information content (AvgIpc) is 2.35. The highest BCUT2D eigenvalue weighted by Gasteiger charge is 1.95. The summed E-state index contributed by atoms with van der Waals surface area (Å²) in [5.41, 5.74) is 2.03. The molecule has 0 amide bonds. The average molecular weight is 239 g/mol. The molecule has 0 atom stereocenters. The van der Waals surface area contributed by atoms with Crippen molar-refractivity contribution in [3.8, 4) is 0 Å². The van der Waals surface area contributed by atoms with Crippen LogP contribution in [-0.2, 0) is 4.74 Å². The summed E-state index contributed by atoms with van der Waals surface area (Å²) in [6.45, 7) is 4.94. The van der Waals surface area contributed by atoms with Crippen LogP contribution in [0.5, 0.6) is 0 Å². The fourth-order valence-electron chi connectivity index (χ4n) is 1.41. The van der Waals surface area contributed by atoms with Crippen molar-refractivity contribution >= 4 is 11.4 Å². The lowest BCUT2D eigenvalue weighted by Crippen LogP contribution is -2.08. The van der Waals surface area contributed by atoms with Crippen LogP contribution in [-0.4, -0.2) is 43.0 Å². The second-order valence-electron chi connectivity index (χ2n) is 3.61. The molecule has 1 aromatic heterocycles. The summed E-state index contributed by atoms with van der Waals surface area (Å²) in [5.74, 6) is 0. The number of aliphatic hydroxyl groups excluding tert-OH is 1. The Morgan fingerprint density at radius 2 is 2.00 bits per heavy atom. The highest BCUT2D eigenvalue weighted by molar-refractivity contribution is 5.53. The minimum atomic E-state index is 0.0854. The third-order valence-electron chi connectivity index (χ3n) is 2.15. The van der Waals surface area contributed by atoms with Gasteiger partial charge < -0.3 is 20.5 Å². The van der Waals surface area contributed by atoms with E-state index < -0.39 is 0 Å². The predicted molar refractivity (Wildman–Crippen MR) is 69.4 cm³/mol. The number of anilines is 2. The predicted octanol–water partition coefficient (Wildman–Crippen LogP) is 1.32. The lowest BCUT2D eigenvalue weighted by molar-refractivity contribution is 0.0922. The smallest absolute Gasteiger partial charge is 0.0697 e. The van der Waals surface area contributed by atoms with E-state index in [0.717, 1.165) is 30.9 Å². The zero-order chi connectivity index (χ0) is 12.3. The number of aliphatic hydroxyl groups is 1. The Balaban J connectivity index is 2.19. The summed E-state index contributed by atoms with van der Waals surface area (Å²) >= 11 is 0. The molecule has 0 saturated carbocycles. The molecule has 0 bridgehead atoms. The van der Waals surface area contributed by atoms with Gasteiger partial charge >= 0.3 is 0 Å². The summed E-state index contributed by atoms with van der Waals surface area (Å²) in [6.07, 6.45) is 4.51. The van der Waals surface area contributed by atoms with Gasteiger partial charge in [-0.1, -0.05) is 0 Å². The molecule has 5 heteroatoms. The molecule has 0 aliphatic rings. The van der Waals surface area contributed by atoms with Crippen molar-refractivity contribution in [3.05, 3.63) is 18.5 Å². The first-order valence-corrected chi connectivity index (χ1v) is 5.98. The largest absolute Gasteiger partial charge is 0.394 e. The number of hydrogen-bond acceptors (Lipinski definition) is 5. The Morgan fingerprint density at radius 3 is 2.71 bits per heavy atom. The zero-order valence-corrected chi connectivity index (χ0v) is 10.3. The molecular weight excluding hydrogens is 218 g/mol. The molecule has 96 valence electrons. The normalized spacial score (nSPS) is 10.2. The summed E-state index contributed by atoms with van der Waals surface area (Å²) in [4.78, 5) is 4.14. The molecule has 3 N–H and O–H groups in total. The lowest BCUT2D eigenvalue weighted by atomic mass is 10.3. The summed E-state index contributed by atoms with van der Waals surface area (Å²) in [6, 6.07) is 2.03. The van der Waals surface area contributed by atoms with Gasteiger partial charge in [0.05, 0.1) is 37.0 Å². The maximum absolute atomic E-state index is 8.53. The molecule has 0 radical (unpaired) electrons. The molecular formula is C12H21N3O2. The molecule has 1 rings (SSSR count). The van der Waals surface area contributed by atoms with Crippen LogP contribution in [0.1, 0.15) is 13.3 Å². The van der Waals surface area contributed by atoms with E-state index in [4.69, 9.17) is 9.84 Å². The van der Waals surface area contributed by atoms with Crippen molar-refractivity contribution in [3.63, 3.8) is 0 Å². The van der Waals surface area contributed by atoms with E-state index >= 15 is 0 Å². The van der Waals surface area contributed by atoms with Crippen LogP contribution in [0, 0.1) is 0 Å². The molecule has 0 spiro atoms. The van der Waals surface area contributed by atoms with Crippen molar-refractivity contribution in [2.24, 2.45) is 0 Å². The first-order valence-electron chi connectivity index (χ1n) is 5.98. The van der Waals surface area contributed by atoms with Crippen LogP contribution >= 0.6 is 0 Å². The van der Waals surface area contributed by atoms with Crippen LogP contribution in [0.25, 0.3) is 0 Å². The number of aromatic nitrogens is 1. The van der Waals surface area contributed by atoms with Gasteiger partial charge in [-0.25, -0.2) is 0 Å². The van der Waals surface area contributed by atoms with Gasteiger partial charge in [-0.15, -0.1) is 0 Å². The zero-order valence-electron chi connectivity index (χ0n) is 10.3. The second-order valence-corrected chi connectivity index (χ2v) is 3.61. The molecule has 0 saturated heterocycles. The van der Waals surface area contributed by atoms with Crippen molar-refractivity contribution in [2.75, 3.05) is 43.5 Å². The van der Waals surface area contributed by atoms with Crippen molar-refractivity contribution in [1.29, 1.82) is 0 Å². The Kier molecular flexibility index (Phi) is 7.09. The quantitative estimate of drug-likeness (QED) is 0.567. The molecule has 0 unspecified atom stereocenters. The Bertz CT molecular complexity index is 308. The summed E-state index contributed by atoms with van der Waals surface area (Å²) in [5, 5.41) is 15.0. The lowest BCUT2D eigenvalue weighted by Gasteiger charge is -2.08. The van der Waals surface area contributed by atoms with E-state index in [1.165, 1.54) is 0 Å². The molecule has 5 nitrogen and oxygen atoms in total. The van der Waals surface area contributed by atoms with Crippen molar-refractivity contribution in [2.45, 2.75) is 13.3 Å². The first kappa shape index (κ1) is 13.7. The van der Waals surface area contributed by atoms with Gasteiger partial charge in [-0.2, -0.15) is 0 Å². The molecule has 0 aliphatic heterocycles. The fourth-order valence-corrected chi connectivity index (χ4v) is 1.41. The van der Waals surface area contributed by atoms with Gasteiger partial charge in [0.15, 0.2) is 0 Å². The highest BCUT2D eigenvalue weighted by atomic mass is 16.5. The first-order chi connectivity index (χ1) is 8.36. The van der Waals surface area contributed by atoms with Gasteiger partial charge in [0.1, 0.15) is 0 Å². The molecule has 1 aromatic rings. The van der Waals surface area contributed by atoms with Crippen LogP contribution in [0.4, 0.5) is 11.4 Å². The Hall–Kier alpha value is -1.33. The Labute approximate surface area is 102 Å². The standard InChI is InChI=1S/C12H21N3O2/c1-2-14-11-8-12(10-13-9-11)15-4-3-6-17-7-5-16/h8-10,14-16H,2-7H2,1H3. The molecule has 1 heterocycles. The monoisotopic (exact) mass is 239 g/mol. The third-order valence-corrected chi connectivity index (χ3v) is 2.15. The molecule has 0 aliphatic carbocycles. The second kappa shape index (κ2) is 8.78.